The third kappa shape index (κ3) is 2.34. The first-order valence-corrected chi connectivity index (χ1v) is 6.46. The van der Waals surface area contributed by atoms with Crippen LogP contribution in [0.25, 0.3) is 5.65 Å². The molecule has 1 unspecified atom stereocenters. The fraction of sp³-hybridized carbons (Fsp3) is 0.200. The Kier molecular flexibility index (Phi) is 3.10. The molecule has 1 aromatic carbocycles. The summed E-state index contributed by atoms with van der Waals surface area (Å²) in [5.74, 6) is 0.557. The normalized spacial score (nSPS) is 12.6. The van der Waals surface area contributed by atoms with Crippen molar-refractivity contribution in [2.75, 3.05) is 5.32 Å². The van der Waals surface area contributed by atoms with Crippen LogP contribution >= 0.6 is 0 Å². The molecule has 0 aliphatic rings. The summed E-state index contributed by atoms with van der Waals surface area (Å²) in [6, 6.07) is 8.93. The van der Waals surface area contributed by atoms with E-state index in [1.165, 1.54) is 0 Å². The minimum Gasteiger partial charge on any atom is -0.363 e. The zero-order valence-corrected chi connectivity index (χ0v) is 11.3. The first-order chi connectivity index (χ1) is 9.63. The molecule has 5 heteroatoms. The van der Waals surface area contributed by atoms with E-state index in [1.807, 2.05) is 31.3 Å². The third-order valence-electron chi connectivity index (χ3n) is 3.32. The summed E-state index contributed by atoms with van der Waals surface area (Å²) in [7, 11) is 0. The second-order valence-electron chi connectivity index (χ2n) is 4.82. The maximum atomic E-state index is 13.6. The lowest BCUT2D eigenvalue weighted by Crippen LogP contribution is -2.09. The zero-order valence-electron chi connectivity index (χ0n) is 11.3. The van der Waals surface area contributed by atoms with E-state index in [0.29, 0.717) is 5.56 Å². The van der Waals surface area contributed by atoms with Crippen LogP contribution in [0.5, 0.6) is 0 Å². The van der Waals surface area contributed by atoms with Gasteiger partial charge in [0.2, 0.25) is 0 Å². The topological polar surface area (TPSA) is 42.2 Å². The van der Waals surface area contributed by atoms with Crippen LogP contribution < -0.4 is 5.32 Å². The molecule has 0 aliphatic carbocycles. The van der Waals surface area contributed by atoms with Crippen LogP contribution in [0.1, 0.15) is 24.1 Å². The Morgan fingerprint density at radius 1 is 1.25 bits per heavy atom. The highest BCUT2D eigenvalue weighted by molar-refractivity contribution is 5.46. The van der Waals surface area contributed by atoms with Crippen molar-refractivity contribution in [2.45, 2.75) is 19.9 Å². The van der Waals surface area contributed by atoms with E-state index < -0.39 is 0 Å². The Bertz CT molecular complexity index is 750. The van der Waals surface area contributed by atoms with Crippen molar-refractivity contribution in [3.05, 3.63) is 59.7 Å². The summed E-state index contributed by atoms with van der Waals surface area (Å²) in [4.78, 5) is 4.44. The van der Waals surface area contributed by atoms with Crippen molar-refractivity contribution in [2.24, 2.45) is 0 Å². The molecule has 3 aromatic rings. The molecule has 0 amide bonds. The quantitative estimate of drug-likeness (QED) is 0.793. The van der Waals surface area contributed by atoms with Crippen LogP contribution in [-0.2, 0) is 0 Å². The average Bonchev–Trinajstić information content (AvgIpc) is 2.89. The van der Waals surface area contributed by atoms with Gasteiger partial charge in [-0.3, -0.25) is 0 Å². The van der Waals surface area contributed by atoms with Gasteiger partial charge in [-0.15, -0.1) is 0 Å². The van der Waals surface area contributed by atoms with Gasteiger partial charge in [0.15, 0.2) is 5.65 Å². The molecule has 0 radical (unpaired) electrons. The van der Waals surface area contributed by atoms with E-state index in [9.17, 15) is 4.39 Å². The number of benzene rings is 1. The fourth-order valence-corrected chi connectivity index (χ4v) is 2.08. The van der Waals surface area contributed by atoms with Crippen molar-refractivity contribution in [1.29, 1.82) is 0 Å². The first kappa shape index (κ1) is 12.6. The predicted molar refractivity (Wildman–Crippen MR) is 76.2 cm³/mol. The lowest BCUT2D eigenvalue weighted by atomic mass is 10.1. The van der Waals surface area contributed by atoms with Gasteiger partial charge in [-0.1, -0.05) is 12.1 Å². The number of hydrogen-bond acceptors (Lipinski definition) is 3. The minimum absolute atomic E-state index is 0.0250. The van der Waals surface area contributed by atoms with Gasteiger partial charge in [0.1, 0.15) is 11.6 Å². The number of aryl methyl sites for hydroxylation is 1. The monoisotopic (exact) mass is 270 g/mol. The second-order valence-corrected chi connectivity index (χ2v) is 4.82. The summed E-state index contributed by atoms with van der Waals surface area (Å²) in [6.45, 7) is 3.73. The molecule has 0 spiro atoms. The molecule has 0 fully saturated rings. The van der Waals surface area contributed by atoms with Crippen LogP contribution in [0.2, 0.25) is 0 Å². The predicted octanol–water partition coefficient (Wildman–Crippen LogP) is 3.35. The summed E-state index contributed by atoms with van der Waals surface area (Å²) in [6.07, 6.45) is 3.54. The fourth-order valence-electron chi connectivity index (χ4n) is 2.08. The Hall–Kier alpha value is -2.43. The smallest absolute Gasteiger partial charge is 0.157 e. The van der Waals surface area contributed by atoms with Crippen LogP contribution in [0.15, 0.2) is 42.7 Å². The molecule has 102 valence electrons. The van der Waals surface area contributed by atoms with Gasteiger partial charge in [-0.2, -0.15) is 5.10 Å². The molecular weight excluding hydrogens is 255 g/mol. The largest absolute Gasteiger partial charge is 0.363 e. The summed E-state index contributed by atoms with van der Waals surface area (Å²) in [5.41, 5.74) is 2.32. The molecule has 20 heavy (non-hydrogen) atoms. The molecule has 0 saturated heterocycles. The van der Waals surface area contributed by atoms with Gasteiger partial charge in [0.05, 0.1) is 12.2 Å². The van der Waals surface area contributed by atoms with E-state index in [4.69, 9.17) is 0 Å². The Labute approximate surface area is 116 Å². The highest BCUT2D eigenvalue weighted by Gasteiger charge is 2.09. The zero-order chi connectivity index (χ0) is 14.1. The lowest BCUT2D eigenvalue weighted by Gasteiger charge is -2.15. The van der Waals surface area contributed by atoms with Crippen molar-refractivity contribution in [1.82, 2.24) is 14.6 Å². The highest BCUT2D eigenvalue weighted by Crippen LogP contribution is 2.20. The van der Waals surface area contributed by atoms with Crippen molar-refractivity contribution in [3.63, 3.8) is 0 Å². The van der Waals surface area contributed by atoms with E-state index in [2.05, 4.69) is 15.4 Å². The number of hydrogen-bond donors (Lipinski definition) is 1. The van der Waals surface area contributed by atoms with Gasteiger partial charge in [-0.25, -0.2) is 13.9 Å². The first-order valence-electron chi connectivity index (χ1n) is 6.46. The van der Waals surface area contributed by atoms with E-state index in [1.54, 1.807) is 29.8 Å². The van der Waals surface area contributed by atoms with E-state index in [0.717, 1.165) is 17.0 Å². The molecule has 0 aliphatic heterocycles. The maximum absolute atomic E-state index is 13.6. The SMILES string of the molecule is Cc1ccc(C(C)Nc2ccn3nccc3n2)cc1F. The summed E-state index contributed by atoms with van der Waals surface area (Å²) in [5, 5.41) is 7.36. The molecular formula is C15H15FN4. The Morgan fingerprint density at radius 2 is 2.10 bits per heavy atom. The number of aromatic nitrogens is 3. The summed E-state index contributed by atoms with van der Waals surface area (Å²) >= 11 is 0. The van der Waals surface area contributed by atoms with Gasteiger partial charge >= 0.3 is 0 Å². The maximum Gasteiger partial charge on any atom is 0.157 e. The molecule has 1 atom stereocenters. The molecule has 0 saturated carbocycles. The molecule has 2 aromatic heterocycles. The minimum atomic E-state index is -0.185. The van der Waals surface area contributed by atoms with Crippen molar-refractivity contribution >= 4 is 11.5 Å². The van der Waals surface area contributed by atoms with Gasteiger partial charge in [0, 0.05) is 12.3 Å². The number of rotatable bonds is 3. The molecule has 0 bridgehead atoms. The summed E-state index contributed by atoms with van der Waals surface area (Å²) < 4.78 is 15.3. The van der Waals surface area contributed by atoms with Crippen LogP contribution in [-0.4, -0.2) is 14.6 Å². The second kappa shape index (κ2) is 4.92. The molecule has 3 rings (SSSR count). The number of nitrogens with one attached hydrogen (secondary N) is 1. The number of fused-ring (bicyclic) bond motifs is 1. The van der Waals surface area contributed by atoms with Crippen LogP contribution in [0, 0.1) is 12.7 Å². The third-order valence-corrected chi connectivity index (χ3v) is 3.32. The molecule has 2 heterocycles. The average molecular weight is 270 g/mol. The van der Waals surface area contributed by atoms with E-state index >= 15 is 0 Å². The van der Waals surface area contributed by atoms with Crippen LogP contribution in [0.4, 0.5) is 10.2 Å². The standard InChI is InChI=1S/C15H15FN4/c1-10-3-4-12(9-13(10)16)11(2)18-14-6-8-20-15(19-14)5-7-17-20/h3-9,11H,1-2H3,(H,18,19). The van der Waals surface area contributed by atoms with Crippen molar-refractivity contribution in [3.8, 4) is 0 Å². The number of anilines is 1. The lowest BCUT2D eigenvalue weighted by molar-refractivity contribution is 0.614. The number of halogens is 1. The molecule has 4 nitrogen and oxygen atoms in total. The van der Waals surface area contributed by atoms with Crippen LogP contribution in [0.3, 0.4) is 0 Å². The number of nitrogens with zero attached hydrogens (tertiary/aromatic N) is 3. The molecule has 1 N–H and O–H groups in total. The van der Waals surface area contributed by atoms with Gasteiger partial charge in [0.25, 0.3) is 0 Å². The Balaban J connectivity index is 1.83. The van der Waals surface area contributed by atoms with E-state index in [-0.39, 0.29) is 11.9 Å². The van der Waals surface area contributed by atoms with Gasteiger partial charge < -0.3 is 5.32 Å². The van der Waals surface area contributed by atoms with Gasteiger partial charge in [-0.05, 0) is 37.1 Å². The highest BCUT2D eigenvalue weighted by atomic mass is 19.1. The van der Waals surface area contributed by atoms with Crippen molar-refractivity contribution < 1.29 is 4.39 Å². The Morgan fingerprint density at radius 3 is 2.90 bits per heavy atom.